The first-order valence-electron chi connectivity index (χ1n) is 8.00. The summed E-state index contributed by atoms with van der Waals surface area (Å²) in [6.45, 7) is 0. The van der Waals surface area contributed by atoms with Crippen LogP contribution in [-0.4, -0.2) is 15.0 Å². The van der Waals surface area contributed by atoms with Crippen LogP contribution in [0.3, 0.4) is 0 Å². The van der Waals surface area contributed by atoms with Crippen LogP contribution >= 0.6 is 11.6 Å². The lowest BCUT2D eigenvalue weighted by Gasteiger charge is -2.09. The van der Waals surface area contributed by atoms with Gasteiger partial charge < -0.3 is 5.32 Å². The van der Waals surface area contributed by atoms with Gasteiger partial charge in [0.25, 0.3) is 0 Å². The van der Waals surface area contributed by atoms with Gasteiger partial charge in [0.05, 0.1) is 11.2 Å². The van der Waals surface area contributed by atoms with Crippen LogP contribution in [0.2, 0.25) is 5.15 Å². The predicted octanol–water partition coefficient (Wildman–Crippen LogP) is 4.82. The van der Waals surface area contributed by atoms with Gasteiger partial charge in [-0.05, 0) is 36.4 Å². The van der Waals surface area contributed by atoms with Crippen molar-refractivity contribution in [1.82, 2.24) is 15.0 Å². The molecule has 0 unspecified atom stereocenters. The number of anilines is 2. The second-order valence-electron chi connectivity index (χ2n) is 5.51. The number of hydrogen-bond acceptors (Lipinski definition) is 4. The van der Waals surface area contributed by atoms with E-state index < -0.39 is 0 Å². The van der Waals surface area contributed by atoms with Crippen molar-refractivity contribution in [3.63, 3.8) is 0 Å². The molecule has 2 heterocycles. The summed E-state index contributed by atoms with van der Waals surface area (Å²) in [7, 11) is 0. The van der Waals surface area contributed by atoms with Crippen molar-refractivity contribution in [2.45, 2.75) is 0 Å². The number of nitrogens with one attached hydrogen (secondary N) is 1. The van der Waals surface area contributed by atoms with Crippen molar-refractivity contribution in [3.8, 4) is 11.8 Å². The van der Waals surface area contributed by atoms with Crippen LogP contribution in [-0.2, 0) is 0 Å². The predicted molar refractivity (Wildman–Crippen MR) is 104 cm³/mol. The minimum Gasteiger partial charge on any atom is -0.337 e. The van der Waals surface area contributed by atoms with Crippen molar-refractivity contribution in [2.75, 3.05) is 5.32 Å². The van der Waals surface area contributed by atoms with Crippen LogP contribution in [0.5, 0.6) is 0 Å². The van der Waals surface area contributed by atoms with E-state index in [1.54, 1.807) is 6.07 Å². The minimum atomic E-state index is 0.396. The summed E-state index contributed by atoms with van der Waals surface area (Å²) in [6, 6.07) is 21.2. The van der Waals surface area contributed by atoms with E-state index in [2.05, 4.69) is 32.1 Å². The Morgan fingerprint density at radius 3 is 2.50 bits per heavy atom. The van der Waals surface area contributed by atoms with Crippen molar-refractivity contribution >= 4 is 34.1 Å². The van der Waals surface area contributed by atoms with E-state index in [4.69, 9.17) is 11.6 Å². The molecule has 2 aromatic heterocycles. The largest absolute Gasteiger partial charge is 0.337 e. The molecule has 0 saturated heterocycles. The maximum absolute atomic E-state index is 6.03. The highest BCUT2D eigenvalue weighted by molar-refractivity contribution is 6.29. The lowest BCUT2D eigenvalue weighted by molar-refractivity contribution is 1.19. The van der Waals surface area contributed by atoms with Gasteiger partial charge in [0.1, 0.15) is 17.0 Å². The molecule has 0 saturated carbocycles. The van der Waals surface area contributed by atoms with Gasteiger partial charge in [-0.2, -0.15) is 0 Å². The molecule has 2 aromatic carbocycles. The fraction of sp³-hybridized carbons (Fsp3) is 0. The molecule has 4 aromatic rings. The monoisotopic (exact) mass is 356 g/mol. The second kappa shape index (κ2) is 7.22. The van der Waals surface area contributed by atoms with E-state index in [0.29, 0.717) is 16.5 Å². The molecule has 0 amide bonds. The molecule has 4 rings (SSSR count). The number of hydrogen-bond donors (Lipinski definition) is 1. The normalized spacial score (nSPS) is 10.2. The Morgan fingerprint density at radius 2 is 1.62 bits per heavy atom. The van der Waals surface area contributed by atoms with Gasteiger partial charge in [0, 0.05) is 11.1 Å². The summed E-state index contributed by atoms with van der Waals surface area (Å²) < 4.78 is 0. The fourth-order valence-electron chi connectivity index (χ4n) is 2.50. The summed E-state index contributed by atoms with van der Waals surface area (Å²) in [6.07, 6.45) is 1.50. The zero-order valence-corrected chi connectivity index (χ0v) is 14.4. The molecule has 0 aliphatic carbocycles. The van der Waals surface area contributed by atoms with E-state index in [9.17, 15) is 0 Å². The zero-order chi connectivity index (χ0) is 17.8. The Balaban J connectivity index is 1.72. The van der Waals surface area contributed by atoms with Gasteiger partial charge in [0.15, 0.2) is 5.82 Å². The van der Waals surface area contributed by atoms with Crippen molar-refractivity contribution < 1.29 is 0 Å². The highest BCUT2D eigenvalue weighted by Gasteiger charge is 2.08. The second-order valence-corrected chi connectivity index (χ2v) is 5.90. The SMILES string of the molecule is Clc1ccc2ncnc(Nc3ccccc3C#Cc3ccccc3)c2n1. The first-order valence-corrected chi connectivity index (χ1v) is 8.38. The number of benzene rings is 2. The van der Waals surface area contributed by atoms with Crippen LogP contribution in [0.15, 0.2) is 73.1 Å². The maximum Gasteiger partial charge on any atom is 0.160 e. The molecule has 5 heteroatoms. The molecule has 26 heavy (non-hydrogen) atoms. The van der Waals surface area contributed by atoms with Crippen molar-refractivity contribution in [2.24, 2.45) is 0 Å². The fourth-order valence-corrected chi connectivity index (χ4v) is 2.65. The van der Waals surface area contributed by atoms with E-state index in [-0.39, 0.29) is 0 Å². The number of fused-ring (bicyclic) bond motifs is 1. The van der Waals surface area contributed by atoms with Crippen LogP contribution in [0.1, 0.15) is 11.1 Å². The molecule has 0 fully saturated rings. The Bertz CT molecular complexity index is 1130. The van der Waals surface area contributed by atoms with Gasteiger partial charge >= 0.3 is 0 Å². The summed E-state index contributed by atoms with van der Waals surface area (Å²) in [5, 5.41) is 3.70. The number of halogens is 1. The number of nitrogens with zero attached hydrogens (tertiary/aromatic N) is 3. The molecular formula is C21H13ClN4. The van der Waals surface area contributed by atoms with Crippen LogP contribution in [0.4, 0.5) is 11.5 Å². The van der Waals surface area contributed by atoms with Gasteiger partial charge in [-0.25, -0.2) is 15.0 Å². The lowest BCUT2D eigenvalue weighted by Crippen LogP contribution is -1.99. The zero-order valence-electron chi connectivity index (χ0n) is 13.6. The standard InChI is InChI=1S/C21H13ClN4/c22-19-13-12-18-20(26-19)21(24-14-23-18)25-17-9-5-4-8-16(17)11-10-15-6-2-1-3-7-15/h1-9,12-14H,(H,23,24,25). The number of pyridine rings is 1. The molecule has 1 N–H and O–H groups in total. The Hall–Kier alpha value is -3.42. The van der Waals surface area contributed by atoms with Crippen LogP contribution < -0.4 is 5.32 Å². The summed E-state index contributed by atoms with van der Waals surface area (Å²) in [5.41, 5.74) is 4.01. The first-order chi connectivity index (χ1) is 12.8. The smallest absolute Gasteiger partial charge is 0.160 e. The molecule has 0 bridgehead atoms. The number of para-hydroxylation sites is 1. The third kappa shape index (κ3) is 3.49. The van der Waals surface area contributed by atoms with Crippen molar-refractivity contribution in [1.29, 1.82) is 0 Å². The summed E-state index contributed by atoms with van der Waals surface area (Å²) in [4.78, 5) is 12.9. The third-order valence-electron chi connectivity index (χ3n) is 3.74. The van der Waals surface area contributed by atoms with Gasteiger partial charge in [0.2, 0.25) is 0 Å². The first kappa shape index (κ1) is 16.1. The molecule has 0 atom stereocenters. The van der Waals surface area contributed by atoms with Crippen LogP contribution in [0, 0.1) is 11.8 Å². The molecular weight excluding hydrogens is 344 g/mol. The average molecular weight is 357 g/mol. The van der Waals surface area contributed by atoms with Crippen molar-refractivity contribution in [3.05, 3.63) is 89.3 Å². The summed E-state index contributed by atoms with van der Waals surface area (Å²) >= 11 is 6.03. The number of aromatic nitrogens is 3. The minimum absolute atomic E-state index is 0.396. The van der Waals surface area contributed by atoms with E-state index in [1.807, 2.05) is 60.7 Å². The van der Waals surface area contributed by atoms with Gasteiger partial charge in [-0.1, -0.05) is 53.8 Å². The Kier molecular flexibility index (Phi) is 4.46. The molecule has 4 nitrogen and oxygen atoms in total. The third-order valence-corrected chi connectivity index (χ3v) is 3.95. The Morgan fingerprint density at radius 1 is 0.808 bits per heavy atom. The van der Waals surface area contributed by atoms with Gasteiger partial charge in [-0.15, -0.1) is 0 Å². The average Bonchev–Trinajstić information content (AvgIpc) is 2.68. The van der Waals surface area contributed by atoms with Gasteiger partial charge in [-0.3, -0.25) is 0 Å². The lowest BCUT2D eigenvalue weighted by atomic mass is 10.1. The molecule has 0 radical (unpaired) electrons. The highest BCUT2D eigenvalue weighted by atomic mass is 35.5. The molecule has 0 aliphatic heterocycles. The topological polar surface area (TPSA) is 50.7 Å². The highest BCUT2D eigenvalue weighted by Crippen LogP contribution is 2.24. The Labute approximate surface area is 155 Å². The maximum atomic E-state index is 6.03. The molecule has 124 valence electrons. The number of rotatable bonds is 2. The molecule has 0 spiro atoms. The van der Waals surface area contributed by atoms with Crippen LogP contribution in [0.25, 0.3) is 11.0 Å². The molecule has 0 aliphatic rings. The summed E-state index contributed by atoms with van der Waals surface area (Å²) in [5.74, 6) is 6.97. The van der Waals surface area contributed by atoms with E-state index in [0.717, 1.165) is 22.3 Å². The van der Waals surface area contributed by atoms with E-state index in [1.165, 1.54) is 6.33 Å². The quantitative estimate of drug-likeness (QED) is 0.413. The van der Waals surface area contributed by atoms with E-state index >= 15 is 0 Å².